The van der Waals surface area contributed by atoms with Gasteiger partial charge >= 0.3 is 0 Å². The average Bonchev–Trinajstić information content (AvgIpc) is 3.23. The smallest absolute Gasteiger partial charge is 0.294 e. The Bertz CT molecular complexity index is 1060. The Balaban J connectivity index is 1.68. The van der Waals surface area contributed by atoms with Crippen LogP contribution in [0.4, 0.5) is 11.4 Å². The highest BCUT2D eigenvalue weighted by atomic mass is 32.2. The normalized spacial score (nSPS) is 13.9. The van der Waals surface area contributed by atoms with Gasteiger partial charge in [0.05, 0.1) is 16.8 Å². The van der Waals surface area contributed by atoms with Gasteiger partial charge in [0, 0.05) is 18.3 Å². The maximum Gasteiger partial charge on any atom is 0.294 e. The van der Waals surface area contributed by atoms with Gasteiger partial charge < -0.3 is 9.84 Å². The van der Waals surface area contributed by atoms with E-state index in [9.17, 15) is 13.2 Å². The first kappa shape index (κ1) is 17.3. The lowest BCUT2D eigenvalue weighted by atomic mass is 10.0. The van der Waals surface area contributed by atoms with Crippen molar-refractivity contribution in [2.45, 2.75) is 17.7 Å². The maximum atomic E-state index is 13.1. The summed E-state index contributed by atoms with van der Waals surface area (Å²) in [6.07, 6.45) is 2.91. The number of sulfonamides is 1. The van der Waals surface area contributed by atoms with Crippen molar-refractivity contribution in [2.24, 2.45) is 0 Å². The van der Waals surface area contributed by atoms with Crippen LogP contribution < -0.4 is 9.62 Å². The molecule has 3 aromatic rings. The molecule has 1 aliphatic rings. The van der Waals surface area contributed by atoms with Crippen LogP contribution in [-0.4, -0.2) is 26.0 Å². The molecule has 4 rings (SSSR count). The van der Waals surface area contributed by atoms with Gasteiger partial charge in [0.25, 0.3) is 15.9 Å². The minimum atomic E-state index is -3.67. The second-order valence-corrected chi connectivity index (χ2v) is 8.03. The van der Waals surface area contributed by atoms with E-state index in [1.165, 1.54) is 16.6 Å². The number of carbonyl (C=O) groups is 1. The summed E-state index contributed by atoms with van der Waals surface area (Å²) in [7, 11) is -3.67. The lowest BCUT2D eigenvalue weighted by Gasteiger charge is -2.31. The molecule has 0 atom stereocenters. The fourth-order valence-corrected chi connectivity index (χ4v) is 4.67. The van der Waals surface area contributed by atoms with Crippen LogP contribution in [0.5, 0.6) is 0 Å². The molecule has 0 saturated heterocycles. The van der Waals surface area contributed by atoms with Crippen LogP contribution >= 0.6 is 0 Å². The number of nitrogens with zero attached hydrogens (tertiary/aromatic N) is 2. The van der Waals surface area contributed by atoms with E-state index in [0.717, 1.165) is 18.4 Å². The molecular formula is C19H17N3O4S. The van der Waals surface area contributed by atoms with Crippen LogP contribution in [0.1, 0.15) is 22.5 Å². The number of carbonyl (C=O) groups excluding carboxylic acids is 1. The summed E-state index contributed by atoms with van der Waals surface area (Å²) in [5, 5.41) is 6.22. The second kappa shape index (κ2) is 6.88. The summed E-state index contributed by atoms with van der Waals surface area (Å²) in [6, 6.07) is 15.1. The molecule has 0 aliphatic carbocycles. The first-order valence-corrected chi connectivity index (χ1v) is 9.92. The summed E-state index contributed by atoms with van der Waals surface area (Å²) in [4.78, 5) is 12.4. The Morgan fingerprint density at radius 3 is 2.67 bits per heavy atom. The number of benzene rings is 2. The van der Waals surface area contributed by atoms with E-state index in [-0.39, 0.29) is 10.7 Å². The number of hydrogen-bond acceptors (Lipinski definition) is 5. The Hall–Kier alpha value is -3.13. The van der Waals surface area contributed by atoms with Crippen molar-refractivity contribution >= 4 is 27.3 Å². The van der Waals surface area contributed by atoms with Gasteiger partial charge in [-0.25, -0.2) is 8.42 Å². The van der Waals surface area contributed by atoms with Gasteiger partial charge in [-0.15, -0.1) is 0 Å². The number of anilines is 2. The molecule has 0 unspecified atom stereocenters. The zero-order chi connectivity index (χ0) is 18.9. The molecule has 8 heteroatoms. The number of aryl methyl sites for hydroxylation is 1. The highest BCUT2D eigenvalue weighted by Crippen LogP contribution is 2.34. The fourth-order valence-electron chi connectivity index (χ4n) is 3.11. The third-order valence-electron chi connectivity index (χ3n) is 4.41. The Morgan fingerprint density at radius 2 is 1.93 bits per heavy atom. The van der Waals surface area contributed by atoms with Crippen molar-refractivity contribution in [3.8, 4) is 0 Å². The number of amides is 1. The van der Waals surface area contributed by atoms with Crippen molar-refractivity contribution in [1.29, 1.82) is 0 Å². The molecule has 2 aromatic carbocycles. The van der Waals surface area contributed by atoms with E-state index in [1.54, 1.807) is 42.5 Å². The van der Waals surface area contributed by atoms with Gasteiger partial charge in [0.1, 0.15) is 0 Å². The third kappa shape index (κ3) is 3.31. The predicted octanol–water partition coefficient (Wildman–Crippen LogP) is 3.07. The first-order valence-electron chi connectivity index (χ1n) is 8.48. The Kier molecular flexibility index (Phi) is 4.41. The van der Waals surface area contributed by atoms with Crippen molar-refractivity contribution in [1.82, 2.24) is 5.16 Å². The number of aromatic nitrogens is 1. The summed E-state index contributed by atoms with van der Waals surface area (Å²) in [5.41, 5.74) is 2.00. The van der Waals surface area contributed by atoms with Crippen LogP contribution in [-0.2, 0) is 16.4 Å². The van der Waals surface area contributed by atoms with Gasteiger partial charge in [0.2, 0.25) is 5.76 Å². The zero-order valence-electron chi connectivity index (χ0n) is 14.3. The molecular weight excluding hydrogens is 366 g/mol. The molecule has 1 aliphatic heterocycles. The average molecular weight is 383 g/mol. The van der Waals surface area contributed by atoms with E-state index in [1.807, 2.05) is 6.07 Å². The molecule has 2 heterocycles. The molecule has 27 heavy (non-hydrogen) atoms. The maximum absolute atomic E-state index is 13.1. The monoisotopic (exact) mass is 383 g/mol. The summed E-state index contributed by atoms with van der Waals surface area (Å²) < 4.78 is 32.4. The van der Waals surface area contributed by atoms with Gasteiger partial charge in [-0.05, 0) is 42.7 Å². The fraction of sp³-hybridized carbons (Fsp3) is 0.158. The molecule has 0 radical (unpaired) electrons. The summed E-state index contributed by atoms with van der Waals surface area (Å²) in [6.45, 7) is 0.393. The first-order chi connectivity index (χ1) is 13.1. The topological polar surface area (TPSA) is 92.5 Å². The number of hydrogen-bond donors (Lipinski definition) is 1. The molecule has 0 bridgehead atoms. The lowest BCUT2D eigenvalue weighted by molar-refractivity contribution is 0.0988. The van der Waals surface area contributed by atoms with Gasteiger partial charge in [0.15, 0.2) is 0 Å². The standard InChI is InChI=1S/C19H17N3O4S/c23-19(18-10-11-20-26-18)21-15-9-8-14-5-4-12-22(17(14)13-15)27(24,25)16-6-2-1-3-7-16/h1-3,6-11,13H,4-5,12H2,(H,21,23). The molecule has 0 saturated carbocycles. The molecule has 138 valence electrons. The minimum absolute atomic E-state index is 0.0847. The van der Waals surface area contributed by atoms with E-state index in [4.69, 9.17) is 4.52 Å². The number of nitrogens with one attached hydrogen (secondary N) is 1. The summed E-state index contributed by atoms with van der Waals surface area (Å²) in [5.74, 6) is -0.359. The van der Waals surface area contributed by atoms with Crippen LogP contribution in [0.25, 0.3) is 0 Å². The van der Waals surface area contributed by atoms with E-state index in [2.05, 4.69) is 10.5 Å². The third-order valence-corrected chi connectivity index (χ3v) is 6.24. The SMILES string of the molecule is O=C(Nc1ccc2c(c1)N(S(=O)(=O)c1ccccc1)CCC2)c1ccno1. The molecule has 0 fully saturated rings. The Morgan fingerprint density at radius 1 is 1.11 bits per heavy atom. The second-order valence-electron chi connectivity index (χ2n) is 6.17. The highest BCUT2D eigenvalue weighted by molar-refractivity contribution is 7.92. The number of fused-ring (bicyclic) bond motifs is 1. The van der Waals surface area contributed by atoms with Gasteiger partial charge in [-0.2, -0.15) is 0 Å². The Labute approximate surface area is 156 Å². The zero-order valence-corrected chi connectivity index (χ0v) is 15.1. The molecule has 1 aromatic heterocycles. The molecule has 1 N–H and O–H groups in total. The molecule has 1 amide bonds. The van der Waals surface area contributed by atoms with Gasteiger partial charge in [-0.3, -0.25) is 9.10 Å². The predicted molar refractivity (Wildman–Crippen MR) is 100 cm³/mol. The number of rotatable bonds is 4. The van der Waals surface area contributed by atoms with Crippen molar-refractivity contribution in [3.63, 3.8) is 0 Å². The van der Waals surface area contributed by atoms with Crippen LogP contribution in [0.15, 0.2) is 70.2 Å². The molecule has 7 nitrogen and oxygen atoms in total. The van der Waals surface area contributed by atoms with E-state index >= 15 is 0 Å². The van der Waals surface area contributed by atoms with Crippen LogP contribution in [0, 0.1) is 0 Å². The van der Waals surface area contributed by atoms with Crippen molar-refractivity contribution in [2.75, 3.05) is 16.2 Å². The van der Waals surface area contributed by atoms with Crippen LogP contribution in [0.2, 0.25) is 0 Å². The largest absolute Gasteiger partial charge is 0.351 e. The van der Waals surface area contributed by atoms with Gasteiger partial charge in [-0.1, -0.05) is 29.4 Å². The van der Waals surface area contributed by atoms with Crippen molar-refractivity contribution < 1.29 is 17.7 Å². The van der Waals surface area contributed by atoms with E-state index < -0.39 is 15.9 Å². The lowest BCUT2D eigenvalue weighted by Crippen LogP contribution is -2.35. The molecule has 0 spiro atoms. The van der Waals surface area contributed by atoms with E-state index in [0.29, 0.717) is 17.9 Å². The minimum Gasteiger partial charge on any atom is -0.351 e. The highest BCUT2D eigenvalue weighted by Gasteiger charge is 2.29. The van der Waals surface area contributed by atoms with Crippen molar-refractivity contribution in [3.05, 3.63) is 72.1 Å². The quantitative estimate of drug-likeness (QED) is 0.747. The summed E-state index contributed by atoms with van der Waals surface area (Å²) >= 11 is 0. The van der Waals surface area contributed by atoms with Crippen LogP contribution in [0.3, 0.4) is 0 Å².